The summed E-state index contributed by atoms with van der Waals surface area (Å²) in [7, 11) is 0. The van der Waals surface area contributed by atoms with Crippen LogP contribution < -0.4 is 0 Å². The van der Waals surface area contributed by atoms with Crippen molar-refractivity contribution in [1.29, 1.82) is 5.26 Å². The first-order valence-corrected chi connectivity index (χ1v) is 13.7. The van der Waals surface area contributed by atoms with Crippen molar-refractivity contribution < 1.29 is 4.42 Å². The monoisotopic (exact) mass is 523 g/mol. The second kappa shape index (κ2) is 8.11. The Labute approximate surface area is 234 Å². The van der Waals surface area contributed by atoms with Gasteiger partial charge >= 0.3 is 0 Å². The lowest BCUT2D eigenvalue weighted by Crippen LogP contribution is -1.95. The minimum Gasteiger partial charge on any atom is -0.456 e. The smallest absolute Gasteiger partial charge is 0.135 e. The van der Waals surface area contributed by atoms with Crippen molar-refractivity contribution in [2.75, 3.05) is 0 Å². The average Bonchev–Trinajstić information content (AvgIpc) is 3.67. The van der Waals surface area contributed by atoms with Crippen molar-refractivity contribution in [3.05, 3.63) is 133 Å². The Kier molecular flexibility index (Phi) is 4.37. The van der Waals surface area contributed by atoms with Crippen molar-refractivity contribution in [3.8, 4) is 17.4 Å². The number of para-hydroxylation sites is 3. The number of furan rings is 1. The zero-order valence-electron chi connectivity index (χ0n) is 21.9. The second-order valence-corrected chi connectivity index (χ2v) is 10.5. The first-order chi connectivity index (χ1) is 20.3. The van der Waals surface area contributed by atoms with Crippen LogP contribution in [0.2, 0.25) is 0 Å². The van der Waals surface area contributed by atoms with E-state index in [0.717, 1.165) is 66.2 Å². The van der Waals surface area contributed by atoms with Crippen LogP contribution in [0.1, 0.15) is 5.56 Å². The van der Waals surface area contributed by atoms with E-state index >= 15 is 0 Å². The number of rotatable bonds is 2. The van der Waals surface area contributed by atoms with E-state index in [1.165, 1.54) is 10.8 Å². The van der Waals surface area contributed by atoms with Gasteiger partial charge < -0.3 is 13.6 Å². The van der Waals surface area contributed by atoms with E-state index in [1.807, 2.05) is 24.3 Å². The molecule has 0 fully saturated rings. The van der Waals surface area contributed by atoms with Gasteiger partial charge in [-0.3, -0.25) is 0 Å². The first-order valence-electron chi connectivity index (χ1n) is 13.7. The molecule has 3 aromatic heterocycles. The van der Waals surface area contributed by atoms with Crippen LogP contribution in [0.5, 0.6) is 0 Å². The summed E-state index contributed by atoms with van der Waals surface area (Å²) in [6, 6.07) is 46.7. The summed E-state index contributed by atoms with van der Waals surface area (Å²) >= 11 is 0. The topological polar surface area (TPSA) is 46.8 Å². The number of hydrogen-bond acceptors (Lipinski definition) is 2. The van der Waals surface area contributed by atoms with Crippen LogP contribution in [0.3, 0.4) is 0 Å². The molecular weight excluding hydrogens is 502 g/mol. The molecule has 41 heavy (non-hydrogen) atoms. The molecule has 6 aromatic carbocycles. The van der Waals surface area contributed by atoms with Gasteiger partial charge in [0.15, 0.2) is 0 Å². The van der Waals surface area contributed by atoms with E-state index in [-0.39, 0.29) is 0 Å². The molecule has 0 aliphatic heterocycles. The summed E-state index contributed by atoms with van der Waals surface area (Å²) in [6.45, 7) is 0. The molecule has 4 heteroatoms. The Morgan fingerprint density at radius 1 is 0.439 bits per heavy atom. The molecule has 0 bridgehead atoms. The third-order valence-corrected chi connectivity index (χ3v) is 8.33. The average molecular weight is 524 g/mol. The minimum absolute atomic E-state index is 0.668. The molecule has 0 aliphatic rings. The molecule has 3 heterocycles. The minimum atomic E-state index is 0.668. The van der Waals surface area contributed by atoms with Crippen molar-refractivity contribution in [2.24, 2.45) is 0 Å². The van der Waals surface area contributed by atoms with Gasteiger partial charge in [-0.1, -0.05) is 54.6 Å². The fourth-order valence-electron chi connectivity index (χ4n) is 6.55. The number of benzene rings is 6. The first kappa shape index (κ1) is 22.1. The molecule has 0 radical (unpaired) electrons. The van der Waals surface area contributed by atoms with Crippen LogP contribution in [0.15, 0.2) is 132 Å². The lowest BCUT2D eigenvalue weighted by Gasteiger charge is -2.10. The Balaban J connectivity index is 1.33. The fraction of sp³-hybridized carbons (Fsp3) is 0. The Hall–Kier alpha value is -5.79. The zero-order valence-corrected chi connectivity index (χ0v) is 21.9. The molecule has 0 saturated carbocycles. The van der Waals surface area contributed by atoms with E-state index in [0.29, 0.717) is 5.56 Å². The van der Waals surface area contributed by atoms with E-state index in [4.69, 9.17) is 4.42 Å². The van der Waals surface area contributed by atoms with Crippen LogP contribution in [0.25, 0.3) is 76.9 Å². The van der Waals surface area contributed by atoms with Gasteiger partial charge in [0, 0.05) is 43.7 Å². The highest BCUT2D eigenvalue weighted by molar-refractivity contribution is 6.13. The molecule has 0 unspecified atom stereocenters. The van der Waals surface area contributed by atoms with Gasteiger partial charge in [-0.05, 0) is 72.8 Å². The quantitative estimate of drug-likeness (QED) is 0.226. The van der Waals surface area contributed by atoms with Crippen LogP contribution >= 0.6 is 0 Å². The lowest BCUT2D eigenvalue weighted by atomic mass is 10.1. The summed E-state index contributed by atoms with van der Waals surface area (Å²) in [5.41, 5.74) is 9.17. The van der Waals surface area contributed by atoms with Crippen molar-refractivity contribution in [1.82, 2.24) is 9.13 Å². The van der Waals surface area contributed by atoms with E-state index in [9.17, 15) is 5.26 Å². The number of nitrogens with zero attached hydrogens (tertiary/aromatic N) is 3. The van der Waals surface area contributed by atoms with Crippen LogP contribution in [-0.4, -0.2) is 9.13 Å². The maximum atomic E-state index is 9.54. The fourth-order valence-corrected chi connectivity index (χ4v) is 6.55. The maximum Gasteiger partial charge on any atom is 0.135 e. The largest absolute Gasteiger partial charge is 0.456 e. The van der Waals surface area contributed by atoms with Crippen molar-refractivity contribution in [3.63, 3.8) is 0 Å². The standard InChI is InChI=1S/C37H21N3O/c38-22-23-13-16-34-29(19-23)26-7-1-4-10-32(26)39(34)24-14-17-35-30(20-24)27-8-2-5-11-33(27)40(35)25-15-18-37-31(21-25)28-9-3-6-12-36(28)41-37/h1-21H. The van der Waals surface area contributed by atoms with Gasteiger partial charge in [0.1, 0.15) is 11.2 Å². The summed E-state index contributed by atoms with van der Waals surface area (Å²) in [5, 5.41) is 16.4. The number of nitriles is 1. The van der Waals surface area contributed by atoms with Gasteiger partial charge in [-0.25, -0.2) is 0 Å². The van der Waals surface area contributed by atoms with Gasteiger partial charge in [0.25, 0.3) is 0 Å². The van der Waals surface area contributed by atoms with Crippen LogP contribution in [0, 0.1) is 11.3 Å². The molecule has 4 nitrogen and oxygen atoms in total. The summed E-state index contributed by atoms with van der Waals surface area (Å²) in [4.78, 5) is 0. The highest BCUT2D eigenvalue weighted by Gasteiger charge is 2.17. The molecule has 9 rings (SSSR count). The van der Waals surface area contributed by atoms with Crippen LogP contribution in [-0.2, 0) is 0 Å². The van der Waals surface area contributed by atoms with Gasteiger partial charge in [-0.2, -0.15) is 5.26 Å². The van der Waals surface area contributed by atoms with Gasteiger partial charge in [-0.15, -0.1) is 0 Å². The number of aromatic nitrogens is 2. The van der Waals surface area contributed by atoms with Crippen molar-refractivity contribution in [2.45, 2.75) is 0 Å². The van der Waals surface area contributed by atoms with Gasteiger partial charge in [0.05, 0.1) is 33.7 Å². The van der Waals surface area contributed by atoms with Crippen LogP contribution in [0.4, 0.5) is 0 Å². The summed E-state index contributed by atoms with van der Waals surface area (Å²) in [5.74, 6) is 0. The summed E-state index contributed by atoms with van der Waals surface area (Å²) < 4.78 is 10.8. The lowest BCUT2D eigenvalue weighted by molar-refractivity contribution is 0.669. The predicted octanol–water partition coefficient (Wildman–Crippen LogP) is 9.65. The zero-order chi connectivity index (χ0) is 27.1. The van der Waals surface area contributed by atoms with E-state index < -0.39 is 0 Å². The molecule has 190 valence electrons. The molecule has 0 aliphatic carbocycles. The molecule has 0 spiro atoms. The molecule has 9 aromatic rings. The Morgan fingerprint density at radius 2 is 0.951 bits per heavy atom. The van der Waals surface area contributed by atoms with Gasteiger partial charge in [0.2, 0.25) is 0 Å². The highest BCUT2D eigenvalue weighted by atomic mass is 16.3. The Bertz CT molecular complexity index is 2550. The molecular formula is C37H21N3O. The second-order valence-electron chi connectivity index (χ2n) is 10.5. The Morgan fingerprint density at radius 3 is 1.66 bits per heavy atom. The number of hydrogen-bond donors (Lipinski definition) is 0. The molecule has 0 saturated heterocycles. The molecule has 0 atom stereocenters. The third-order valence-electron chi connectivity index (χ3n) is 8.33. The van der Waals surface area contributed by atoms with Crippen molar-refractivity contribution >= 4 is 65.6 Å². The van der Waals surface area contributed by atoms with E-state index in [1.54, 1.807) is 0 Å². The molecule has 0 amide bonds. The normalized spacial score (nSPS) is 11.9. The number of fused-ring (bicyclic) bond motifs is 9. The summed E-state index contributed by atoms with van der Waals surface area (Å²) in [6.07, 6.45) is 0. The van der Waals surface area contributed by atoms with E-state index in [2.05, 4.69) is 118 Å². The SMILES string of the molecule is N#Cc1ccc2c(c1)c1ccccc1n2-c1ccc2c(c1)c1ccccc1n2-c1ccc2oc3ccccc3c2c1. The highest BCUT2D eigenvalue weighted by Crippen LogP contribution is 2.38. The molecule has 0 N–H and O–H groups in total. The predicted molar refractivity (Wildman–Crippen MR) is 167 cm³/mol. The third kappa shape index (κ3) is 3.03. The maximum absolute atomic E-state index is 9.54.